The molecule has 4 aromatic rings. The molecule has 6 rings (SSSR count). The zero-order chi connectivity index (χ0) is 20.6. The van der Waals surface area contributed by atoms with Gasteiger partial charge in [0.1, 0.15) is 30.3 Å². The van der Waals surface area contributed by atoms with Crippen LogP contribution >= 0.6 is 22.7 Å². The largest absolute Gasteiger partial charge is 0.454 e. The van der Waals surface area contributed by atoms with Gasteiger partial charge in [0.15, 0.2) is 17.3 Å². The van der Waals surface area contributed by atoms with E-state index in [0.717, 1.165) is 71.9 Å². The average Bonchev–Trinajstić information content (AvgIpc) is 3.54. The van der Waals surface area contributed by atoms with Crippen LogP contribution in [0.25, 0.3) is 20.7 Å². The van der Waals surface area contributed by atoms with Gasteiger partial charge in [0.05, 0.1) is 18.6 Å². The molecule has 5 heterocycles. The summed E-state index contributed by atoms with van der Waals surface area (Å²) in [5.41, 5.74) is 2.08. The number of thiophene rings is 2. The molecule has 1 saturated heterocycles. The molecule has 0 saturated carbocycles. The van der Waals surface area contributed by atoms with Gasteiger partial charge in [-0.2, -0.15) is 0 Å². The third kappa shape index (κ3) is 3.74. The minimum atomic E-state index is 0.260. The zero-order valence-corrected chi connectivity index (χ0v) is 18.4. The van der Waals surface area contributed by atoms with Crippen LogP contribution in [-0.2, 0) is 11.3 Å². The van der Waals surface area contributed by atoms with Crippen LogP contribution in [-0.4, -0.2) is 43.1 Å². The van der Waals surface area contributed by atoms with E-state index in [0.29, 0.717) is 0 Å². The minimum Gasteiger partial charge on any atom is -0.454 e. The lowest BCUT2D eigenvalue weighted by Crippen LogP contribution is -3.12. The highest BCUT2D eigenvalue weighted by molar-refractivity contribution is 7.18. The van der Waals surface area contributed by atoms with Crippen molar-refractivity contribution < 1.29 is 19.1 Å². The maximum Gasteiger partial charge on any atom is 0.231 e. The molecule has 0 radical (unpaired) electrons. The van der Waals surface area contributed by atoms with Gasteiger partial charge in [0, 0.05) is 27.6 Å². The number of benzene rings is 1. The summed E-state index contributed by atoms with van der Waals surface area (Å²) < 4.78 is 16.5. The molecular formula is C22H21N4O3S2+. The Morgan fingerprint density at radius 1 is 1.03 bits per heavy atom. The zero-order valence-electron chi connectivity index (χ0n) is 16.7. The first-order valence-corrected chi connectivity index (χ1v) is 12.0. The molecule has 0 unspecified atom stereocenters. The molecule has 0 spiro atoms. The minimum absolute atomic E-state index is 0.260. The molecule has 1 fully saturated rings. The van der Waals surface area contributed by atoms with Crippen molar-refractivity contribution in [2.24, 2.45) is 0 Å². The molecule has 1 aromatic carbocycles. The van der Waals surface area contributed by atoms with E-state index in [1.54, 1.807) is 22.7 Å². The fraction of sp³-hybridized carbons (Fsp3) is 0.273. The van der Waals surface area contributed by atoms with Crippen LogP contribution in [0, 0.1) is 0 Å². The quantitative estimate of drug-likeness (QED) is 0.483. The maximum absolute atomic E-state index is 5.55. The lowest BCUT2D eigenvalue weighted by Gasteiger charge is -2.23. The van der Waals surface area contributed by atoms with Gasteiger partial charge in [0.25, 0.3) is 0 Å². The summed E-state index contributed by atoms with van der Waals surface area (Å²) in [5.74, 6) is 3.20. The third-order valence-corrected chi connectivity index (χ3v) is 7.29. The number of fused-ring (bicyclic) bond motifs is 2. The van der Waals surface area contributed by atoms with Crippen LogP contribution in [0.1, 0.15) is 5.82 Å². The Bertz CT molecular complexity index is 1220. The highest BCUT2D eigenvalue weighted by Gasteiger charge is 2.21. The Morgan fingerprint density at radius 3 is 2.81 bits per heavy atom. The predicted octanol–water partition coefficient (Wildman–Crippen LogP) is 3.31. The molecule has 3 aromatic heterocycles. The van der Waals surface area contributed by atoms with Crippen LogP contribution in [0.3, 0.4) is 0 Å². The van der Waals surface area contributed by atoms with Crippen LogP contribution < -0.4 is 19.7 Å². The first-order valence-electron chi connectivity index (χ1n) is 10.2. The number of morpholine rings is 1. The first-order chi connectivity index (χ1) is 15.3. The summed E-state index contributed by atoms with van der Waals surface area (Å²) in [6.07, 6.45) is 0. The molecule has 7 nitrogen and oxygen atoms in total. The number of nitrogens with one attached hydrogen (secondary N) is 2. The van der Waals surface area contributed by atoms with Crippen LogP contribution in [0.2, 0.25) is 0 Å². The average molecular weight is 454 g/mol. The van der Waals surface area contributed by atoms with E-state index >= 15 is 0 Å². The Hall–Kier alpha value is -2.72. The fourth-order valence-electron chi connectivity index (χ4n) is 3.94. The number of hydrogen-bond acceptors (Lipinski definition) is 8. The van der Waals surface area contributed by atoms with Gasteiger partial charge in [-0.3, -0.25) is 0 Å². The third-order valence-electron chi connectivity index (χ3n) is 5.51. The first kappa shape index (κ1) is 19.0. The molecule has 0 aliphatic carbocycles. The highest BCUT2D eigenvalue weighted by atomic mass is 32.1. The Balaban J connectivity index is 1.41. The van der Waals surface area contributed by atoms with Crippen molar-refractivity contribution >= 4 is 44.4 Å². The number of rotatable bonds is 5. The van der Waals surface area contributed by atoms with Gasteiger partial charge in [-0.25, -0.2) is 9.97 Å². The molecule has 158 valence electrons. The van der Waals surface area contributed by atoms with E-state index in [1.807, 2.05) is 18.2 Å². The van der Waals surface area contributed by atoms with E-state index in [2.05, 4.69) is 28.2 Å². The summed E-state index contributed by atoms with van der Waals surface area (Å²) in [6, 6.07) is 10.1. The lowest BCUT2D eigenvalue weighted by atomic mass is 10.2. The van der Waals surface area contributed by atoms with Crippen LogP contribution in [0.4, 0.5) is 11.5 Å². The van der Waals surface area contributed by atoms with Crippen LogP contribution in [0.15, 0.2) is 41.1 Å². The second-order valence-corrected chi connectivity index (χ2v) is 9.33. The highest BCUT2D eigenvalue weighted by Crippen LogP contribution is 2.41. The molecule has 9 heteroatoms. The number of nitrogens with zero attached hydrogens (tertiary/aromatic N) is 2. The number of hydrogen-bond donors (Lipinski definition) is 2. The van der Waals surface area contributed by atoms with Crippen molar-refractivity contribution in [2.45, 2.75) is 6.54 Å². The molecule has 0 atom stereocenters. The Morgan fingerprint density at radius 2 is 1.94 bits per heavy atom. The van der Waals surface area contributed by atoms with Gasteiger partial charge < -0.3 is 24.4 Å². The van der Waals surface area contributed by atoms with Crippen molar-refractivity contribution in [2.75, 3.05) is 38.4 Å². The van der Waals surface area contributed by atoms with Crippen molar-refractivity contribution in [1.82, 2.24) is 9.97 Å². The van der Waals surface area contributed by atoms with E-state index in [4.69, 9.17) is 24.2 Å². The molecule has 0 amide bonds. The maximum atomic E-state index is 5.55. The van der Waals surface area contributed by atoms with Gasteiger partial charge in [-0.05, 0) is 23.6 Å². The van der Waals surface area contributed by atoms with Gasteiger partial charge in [-0.1, -0.05) is 6.07 Å². The summed E-state index contributed by atoms with van der Waals surface area (Å²) in [6.45, 7) is 4.61. The number of quaternary nitrogens is 1. The van der Waals surface area contributed by atoms with Crippen molar-refractivity contribution in [3.05, 3.63) is 46.9 Å². The standard InChI is InChI=1S/C22H20N4O3S2/c1-2-18(30-9-1)15-12-31-22-20(15)21(23-14-3-4-16-17(10-14)29-13-28-16)24-19(25-22)11-26-5-7-27-8-6-26/h1-4,9-10,12H,5-8,11,13H2,(H,23,24,25)/p+1. The Kier molecular flexibility index (Phi) is 4.95. The molecular weight excluding hydrogens is 432 g/mol. The second-order valence-electron chi connectivity index (χ2n) is 7.53. The van der Waals surface area contributed by atoms with Crippen LogP contribution in [0.5, 0.6) is 11.5 Å². The number of aromatic nitrogens is 2. The van der Waals surface area contributed by atoms with E-state index < -0.39 is 0 Å². The molecule has 2 N–H and O–H groups in total. The van der Waals surface area contributed by atoms with E-state index in [-0.39, 0.29) is 6.79 Å². The molecule has 2 aliphatic rings. The number of ether oxygens (including phenoxy) is 3. The lowest BCUT2D eigenvalue weighted by molar-refractivity contribution is -0.922. The molecule has 2 aliphatic heterocycles. The smallest absolute Gasteiger partial charge is 0.231 e. The summed E-state index contributed by atoms with van der Waals surface area (Å²) in [4.78, 5) is 13.6. The van der Waals surface area contributed by atoms with Gasteiger partial charge in [-0.15, -0.1) is 22.7 Å². The fourth-order valence-corrected chi connectivity index (χ4v) is 5.72. The SMILES string of the molecule is c1csc(-c2csc3nc(C[NH+]4CCOCC4)nc(Nc4ccc5c(c4)OCO5)c23)c1. The van der Waals surface area contributed by atoms with E-state index in [9.17, 15) is 0 Å². The predicted molar refractivity (Wildman–Crippen MR) is 122 cm³/mol. The molecule has 0 bridgehead atoms. The van der Waals surface area contributed by atoms with Crippen molar-refractivity contribution in [3.8, 4) is 21.9 Å². The summed E-state index contributed by atoms with van der Waals surface area (Å²) in [5, 5.41) is 8.87. The molecule has 31 heavy (non-hydrogen) atoms. The van der Waals surface area contributed by atoms with Crippen molar-refractivity contribution in [3.63, 3.8) is 0 Å². The summed E-state index contributed by atoms with van der Waals surface area (Å²) >= 11 is 3.40. The second kappa shape index (κ2) is 8.08. The van der Waals surface area contributed by atoms with Crippen molar-refractivity contribution in [1.29, 1.82) is 0 Å². The monoisotopic (exact) mass is 453 g/mol. The normalized spacial score (nSPS) is 16.1. The van der Waals surface area contributed by atoms with Gasteiger partial charge >= 0.3 is 0 Å². The summed E-state index contributed by atoms with van der Waals surface area (Å²) in [7, 11) is 0. The number of anilines is 2. The Labute approximate surface area is 187 Å². The topological polar surface area (TPSA) is 69.9 Å². The van der Waals surface area contributed by atoms with Gasteiger partial charge in [0.2, 0.25) is 6.79 Å². The van der Waals surface area contributed by atoms with E-state index in [1.165, 1.54) is 15.3 Å².